The molecular formula is C19H22ClNO2. The van der Waals surface area contributed by atoms with Crippen LogP contribution in [0.25, 0.3) is 10.8 Å². The van der Waals surface area contributed by atoms with Crippen molar-refractivity contribution in [3.8, 4) is 0 Å². The van der Waals surface area contributed by atoms with Crippen LogP contribution in [0.1, 0.15) is 38.7 Å². The van der Waals surface area contributed by atoms with Gasteiger partial charge in [0.15, 0.2) is 0 Å². The van der Waals surface area contributed by atoms with E-state index in [0.717, 1.165) is 23.4 Å². The number of fused-ring (bicyclic) bond motifs is 1. The minimum absolute atomic E-state index is 0.224. The molecule has 4 heteroatoms. The van der Waals surface area contributed by atoms with Crippen molar-refractivity contribution < 1.29 is 9.53 Å². The summed E-state index contributed by atoms with van der Waals surface area (Å²) in [5.74, 6) is 0.324. The normalized spacial score (nSPS) is 18.4. The molecule has 23 heavy (non-hydrogen) atoms. The molecule has 0 saturated carbocycles. The van der Waals surface area contributed by atoms with Crippen LogP contribution in [0.15, 0.2) is 36.4 Å². The molecule has 1 aliphatic heterocycles. The van der Waals surface area contributed by atoms with Crippen LogP contribution in [0.4, 0.5) is 4.79 Å². The first kappa shape index (κ1) is 16.1. The lowest BCUT2D eigenvalue weighted by molar-refractivity contribution is 0.0292. The summed E-state index contributed by atoms with van der Waals surface area (Å²) in [6, 6.07) is 12.2. The smallest absolute Gasteiger partial charge is 0.410 e. The highest BCUT2D eigenvalue weighted by Gasteiger charge is 2.31. The maximum Gasteiger partial charge on any atom is 0.410 e. The molecule has 1 aliphatic rings. The van der Waals surface area contributed by atoms with Crippen molar-refractivity contribution in [1.82, 2.24) is 4.90 Å². The van der Waals surface area contributed by atoms with Crippen LogP contribution >= 0.6 is 11.6 Å². The van der Waals surface area contributed by atoms with E-state index in [0.29, 0.717) is 12.5 Å². The van der Waals surface area contributed by atoms with Gasteiger partial charge in [0.2, 0.25) is 0 Å². The van der Waals surface area contributed by atoms with Gasteiger partial charge in [-0.25, -0.2) is 4.79 Å². The third kappa shape index (κ3) is 3.45. The molecule has 0 N–H and O–H groups in total. The maximum absolute atomic E-state index is 12.2. The number of rotatable bonds is 1. The molecule has 1 saturated heterocycles. The summed E-state index contributed by atoms with van der Waals surface area (Å²) in [4.78, 5) is 14.0. The van der Waals surface area contributed by atoms with Crippen LogP contribution in [-0.4, -0.2) is 29.7 Å². The monoisotopic (exact) mass is 331 g/mol. The molecule has 0 bridgehead atoms. The molecule has 0 radical (unpaired) electrons. The van der Waals surface area contributed by atoms with Gasteiger partial charge in [-0.05, 0) is 44.2 Å². The summed E-state index contributed by atoms with van der Waals surface area (Å²) < 4.78 is 5.48. The van der Waals surface area contributed by atoms with Crippen LogP contribution in [0, 0.1) is 0 Å². The molecule has 1 unspecified atom stereocenters. The van der Waals surface area contributed by atoms with Gasteiger partial charge < -0.3 is 9.64 Å². The fourth-order valence-electron chi connectivity index (χ4n) is 3.15. The highest BCUT2D eigenvalue weighted by atomic mass is 35.5. The Morgan fingerprint density at radius 3 is 2.57 bits per heavy atom. The predicted molar refractivity (Wildman–Crippen MR) is 94.1 cm³/mol. The second kappa shape index (κ2) is 6.04. The first-order valence-corrected chi connectivity index (χ1v) is 8.38. The van der Waals surface area contributed by atoms with E-state index in [1.807, 2.05) is 45.0 Å². The first-order chi connectivity index (χ1) is 10.8. The molecule has 1 fully saturated rings. The van der Waals surface area contributed by atoms with Gasteiger partial charge >= 0.3 is 6.09 Å². The quantitative estimate of drug-likeness (QED) is 0.717. The number of carbonyl (C=O) groups is 1. The van der Waals surface area contributed by atoms with E-state index >= 15 is 0 Å². The molecule has 3 nitrogen and oxygen atoms in total. The summed E-state index contributed by atoms with van der Waals surface area (Å²) in [7, 11) is 0. The summed E-state index contributed by atoms with van der Waals surface area (Å²) in [6.45, 7) is 7.11. The van der Waals surface area contributed by atoms with Gasteiger partial charge in [-0.2, -0.15) is 0 Å². The van der Waals surface area contributed by atoms with Crippen molar-refractivity contribution in [3.05, 3.63) is 47.0 Å². The lowest BCUT2D eigenvalue weighted by Crippen LogP contribution is -2.35. The van der Waals surface area contributed by atoms with Crippen LogP contribution in [0.5, 0.6) is 0 Å². The summed E-state index contributed by atoms with van der Waals surface area (Å²) >= 11 is 6.30. The Bertz CT molecular complexity index is 736. The Kier molecular flexibility index (Phi) is 4.24. The highest BCUT2D eigenvalue weighted by molar-refractivity contribution is 6.35. The molecule has 2 aromatic rings. The number of halogens is 1. The number of hydrogen-bond donors (Lipinski definition) is 0. The summed E-state index contributed by atoms with van der Waals surface area (Å²) in [6.07, 6.45) is 0.725. The molecule has 2 aromatic carbocycles. The molecule has 3 rings (SSSR count). The van der Waals surface area contributed by atoms with Gasteiger partial charge in [0, 0.05) is 29.4 Å². The van der Waals surface area contributed by atoms with Crippen molar-refractivity contribution in [3.63, 3.8) is 0 Å². The van der Waals surface area contributed by atoms with Crippen molar-refractivity contribution in [1.29, 1.82) is 0 Å². The molecule has 1 amide bonds. The van der Waals surface area contributed by atoms with Gasteiger partial charge in [0.25, 0.3) is 0 Å². The number of carbonyl (C=O) groups excluding carboxylic acids is 1. The van der Waals surface area contributed by atoms with Crippen LogP contribution in [0.2, 0.25) is 5.02 Å². The van der Waals surface area contributed by atoms with Crippen molar-refractivity contribution >= 4 is 28.5 Å². The number of ether oxygens (including phenoxy) is 1. The lowest BCUT2D eigenvalue weighted by Gasteiger charge is -2.24. The van der Waals surface area contributed by atoms with E-state index in [4.69, 9.17) is 16.3 Å². The number of benzene rings is 2. The van der Waals surface area contributed by atoms with E-state index in [1.54, 1.807) is 4.90 Å². The van der Waals surface area contributed by atoms with Gasteiger partial charge in [-0.3, -0.25) is 0 Å². The van der Waals surface area contributed by atoms with Gasteiger partial charge in [-0.15, -0.1) is 0 Å². The Hall–Kier alpha value is -1.74. The number of nitrogens with zero attached hydrogens (tertiary/aromatic N) is 1. The number of hydrogen-bond acceptors (Lipinski definition) is 2. The zero-order valence-corrected chi connectivity index (χ0v) is 14.6. The van der Waals surface area contributed by atoms with Crippen molar-refractivity contribution in [2.75, 3.05) is 13.1 Å². The largest absolute Gasteiger partial charge is 0.444 e. The number of likely N-dealkylation sites (tertiary alicyclic amines) is 1. The van der Waals surface area contributed by atoms with Gasteiger partial charge in [0.1, 0.15) is 5.60 Å². The molecule has 122 valence electrons. The number of amides is 1. The third-order valence-corrected chi connectivity index (χ3v) is 4.51. The van der Waals surface area contributed by atoms with E-state index in [9.17, 15) is 4.79 Å². The standard InChI is InChI=1S/C19H22ClNO2/c1-19(2,3)23-18(22)21-11-10-13(12-21)14-8-9-17(20)16-7-5-4-6-15(14)16/h4-9,13H,10-12H2,1-3H3. The predicted octanol–water partition coefficient (Wildman–Crippen LogP) is 5.22. The van der Waals surface area contributed by atoms with E-state index in [2.05, 4.69) is 12.1 Å². The Labute approximate surface area is 142 Å². The molecular weight excluding hydrogens is 310 g/mol. The second-order valence-corrected chi connectivity index (χ2v) is 7.50. The average molecular weight is 332 g/mol. The van der Waals surface area contributed by atoms with E-state index in [-0.39, 0.29) is 6.09 Å². The average Bonchev–Trinajstić information content (AvgIpc) is 2.96. The Morgan fingerprint density at radius 1 is 1.17 bits per heavy atom. The van der Waals surface area contributed by atoms with Gasteiger partial charge in [-0.1, -0.05) is 41.9 Å². The van der Waals surface area contributed by atoms with Gasteiger partial charge in [0.05, 0.1) is 0 Å². The van der Waals surface area contributed by atoms with Crippen LogP contribution in [-0.2, 0) is 4.74 Å². The second-order valence-electron chi connectivity index (χ2n) is 7.09. The minimum atomic E-state index is -0.456. The van der Waals surface area contributed by atoms with Crippen molar-refractivity contribution in [2.24, 2.45) is 0 Å². The molecule has 0 aliphatic carbocycles. The first-order valence-electron chi connectivity index (χ1n) is 8.00. The molecule has 0 aromatic heterocycles. The lowest BCUT2D eigenvalue weighted by atomic mass is 9.93. The van der Waals surface area contributed by atoms with Crippen molar-refractivity contribution in [2.45, 2.75) is 38.7 Å². The van der Waals surface area contributed by atoms with E-state index < -0.39 is 5.60 Å². The molecule has 1 atom stereocenters. The Morgan fingerprint density at radius 2 is 1.87 bits per heavy atom. The highest BCUT2D eigenvalue weighted by Crippen LogP contribution is 2.35. The summed E-state index contributed by atoms with van der Waals surface area (Å²) in [5, 5.41) is 3.02. The Balaban J connectivity index is 1.83. The fraction of sp³-hybridized carbons (Fsp3) is 0.421. The molecule has 1 heterocycles. The SMILES string of the molecule is CC(C)(C)OC(=O)N1CCC(c2ccc(Cl)c3ccccc23)C1. The summed E-state index contributed by atoms with van der Waals surface area (Å²) in [5.41, 5.74) is 0.804. The topological polar surface area (TPSA) is 29.5 Å². The molecule has 0 spiro atoms. The van der Waals surface area contributed by atoms with Crippen LogP contribution < -0.4 is 0 Å². The zero-order chi connectivity index (χ0) is 16.6. The zero-order valence-electron chi connectivity index (χ0n) is 13.8. The minimum Gasteiger partial charge on any atom is -0.444 e. The van der Waals surface area contributed by atoms with Crippen LogP contribution in [0.3, 0.4) is 0 Å². The third-order valence-electron chi connectivity index (χ3n) is 4.18. The maximum atomic E-state index is 12.2. The fourth-order valence-corrected chi connectivity index (χ4v) is 3.38. The van der Waals surface area contributed by atoms with E-state index in [1.165, 1.54) is 10.9 Å².